The zero-order chi connectivity index (χ0) is 14.7. The van der Waals surface area contributed by atoms with Crippen LogP contribution in [0.1, 0.15) is 42.1 Å². The second kappa shape index (κ2) is 6.31. The zero-order valence-corrected chi connectivity index (χ0v) is 12.9. The topological polar surface area (TPSA) is 24.1 Å². The predicted molar refractivity (Wildman–Crippen MR) is 89.7 cm³/mol. The molecule has 0 aliphatic carbocycles. The fourth-order valence-electron chi connectivity index (χ4n) is 2.98. The van der Waals surface area contributed by atoms with Crippen molar-refractivity contribution in [2.24, 2.45) is 0 Å². The molecule has 1 aliphatic rings. The highest BCUT2D eigenvalue weighted by Gasteiger charge is 2.14. The largest absolute Gasteiger partial charge is 0.384 e. The maximum Gasteiger partial charge on any atom is 0.0419 e. The lowest BCUT2D eigenvalue weighted by atomic mass is 10.0. The van der Waals surface area contributed by atoms with Crippen LogP contribution in [-0.2, 0) is 19.4 Å². The van der Waals surface area contributed by atoms with Gasteiger partial charge in [-0.1, -0.05) is 49.4 Å². The van der Waals surface area contributed by atoms with Crippen LogP contribution in [0.15, 0.2) is 42.5 Å². The monoisotopic (exact) mass is 280 g/mol. The SMILES string of the molecule is CCc1ccc(C(C)NCc2cccc3c2NCC3)cc1. The van der Waals surface area contributed by atoms with Crippen molar-refractivity contribution in [1.82, 2.24) is 5.32 Å². The second-order valence-corrected chi connectivity index (χ2v) is 5.83. The summed E-state index contributed by atoms with van der Waals surface area (Å²) < 4.78 is 0. The van der Waals surface area contributed by atoms with Crippen molar-refractivity contribution in [1.29, 1.82) is 0 Å². The van der Waals surface area contributed by atoms with E-state index in [0.717, 1.165) is 25.9 Å². The van der Waals surface area contributed by atoms with Gasteiger partial charge >= 0.3 is 0 Å². The van der Waals surface area contributed by atoms with Gasteiger partial charge in [0.15, 0.2) is 0 Å². The Balaban J connectivity index is 1.65. The zero-order valence-electron chi connectivity index (χ0n) is 12.9. The Hall–Kier alpha value is -1.80. The minimum atomic E-state index is 0.369. The fraction of sp³-hybridized carbons (Fsp3) is 0.368. The molecule has 0 fully saturated rings. The van der Waals surface area contributed by atoms with E-state index in [1.54, 1.807) is 0 Å². The van der Waals surface area contributed by atoms with Crippen LogP contribution < -0.4 is 10.6 Å². The van der Waals surface area contributed by atoms with Crippen molar-refractivity contribution in [3.05, 3.63) is 64.7 Å². The van der Waals surface area contributed by atoms with Crippen molar-refractivity contribution in [3.63, 3.8) is 0 Å². The normalized spacial score (nSPS) is 14.6. The number of aryl methyl sites for hydroxylation is 1. The van der Waals surface area contributed by atoms with E-state index < -0.39 is 0 Å². The molecule has 0 saturated heterocycles. The first-order valence-electron chi connectivity index (χ1n) is 7.94. The Labute approximate surface area is 127 Å². The average Bonchev–Trinajstić information content (AvgIpc) is 3.02. The lowest BCUT2D eigenvalue weighted by Gasteiger charge is -2.16. The molecule has 0 bridgehead atoms. The van der Waals surface area contributed by atoms with Gasteiger partial charge in [-0.2, -0.15) is 0 Å². The molecular weight excluding hydrogens is 256 g/mol. The molecule has 0 radical (unpaired) electrons. The van der Waals surface area contributed by atoms with E-state index in [0.29, 0.717) is 6.04 Å². The van der Waals surface area contributed by atoms with Crippen molar-refractivity contribution in [2.75, 3.05) is 11.9 Å². The molecule has 2 aromatic rings. The van der Waals surface area contributed by atoms with Crippen LogP contribution in [0.4, 0.5) is 5.69 Å². The molecular formula is C19H24N2. The summed E-state index contributed by atoms with van der Waals surface area (Å²) in [6, 6.07) is 15.9. The van der Waals surface area contributed by atoms with Gasteiger partial charge in [-0.15, -0.1) is 0 Å². The number of anilines is 1. The molecule has 0 amide bonds. The predicted octanol–water partition coefficient (Wildman–Crippen LogP) is 4.07. The molecule has 3 rings (SSSR count). The van der Waals surface area contributed by atoms with Gasteiger partial charge < -0.3 is 10.6 Å². The number of fused-ring (bicyclic) bond motifs is 1. The smallest absolute Gasteiger partial charge is 0.0419 e. The highest BCUT2D eigenvalue weighted by Crippen LogP contribution is 2.26. The van der Waals surface area contributed by atoms with Crippen molar-refractivity contribution >= 4 is 5.69 Å². The van der Waals surface area contributed by atoms with Gasteiger partial charge in [0.25, 0.3) is 0 Å². The molecule has 2 aromatic carbocycles. The molecule has 1 unspecified atom stereocenters. The molecule has 0 aromatic heterocycles. The van der Waals surface area contributed by atoms with Crippen LogP contribution in [0.5, 0.6) is 0 Å². The van der Waals surface area contributed by atoms with Crippen molar-refractivity contribution < 1.29 is 0 Å². The molecule has 2 heteroatoms. The fourth-order valence-corrected chi connectivity index (χ4v) is 2.98. The molecule has 110 valence electrons. The Morgan fingerprint density at radius 3 is 2.71 bits per heavy atom. The van der Waals surface area contributed by atoms with Gasteiger partial charge in [0.1, 0.15) is 0 Å². The van der Waals surface area contributed by atoms with Crippen molar-refractivity contribution in [2.45, 2.75) is 39.3 Å². The van der Waals surface area contributed by atoms with E-state index in [2.05, 4.69) is 66.9 Å². The molecule has 0 saturated carbocycles. The van der Waals surface area contributed by atoms with Crippen LogP contribution in [0, 0.1) is 0 Å². The molecule has 1 aliphatic heterocycles. The maximum absolute atomic E-state index is 3.64. The average molecular weight is 280 g/mol. The number of rotatable bonds is 5. The summed E-state index contributed by atoms with van der Waals surface area (Å²) >= 11 is 0. The molecule has 1 atom stereocenters. The lowest BCUT2D eigenvalue weighted by Crippen LogP contribution is -2.18. The third-order valence-corrected chi connectivity index (χ3v) is 4.42. The number of para-hydroxylation sites is 1. The van der Waals surface area contributed by atoms with Crippen LogP contribution >= 0.6 is 0 Å². The summed E-state index contributed by atoms with van der Waals surface area (Å²) in [7, 11) is 0. The van der Waals surface area contributed by atoms with Gasteiger partial charge in [-0.25, -0.2) is 0 Å². The lowest BCUT2D eigenvalue weighted by molar-refractivity contribution is 0.575. The summed E-state index contributed by atoms with van der Waals surface area (Å²) in [6.45, 7) is 6.41. The van der Waals surface area contributed by atoms with Crippen LogP contribution in [0.2, 0.25) is 0 Å². The molecule has 2 nitrogen and oxygen atoms in total. The van der Waals surface area contributed by atoms with E-state index in [1.165, 1.54) is 27.9 Å². The van der Waals surface area contributed by atoms with E-state index in [1.807, 2.05) is 0 Å². The quantitative estimate of drug-likeness (QED) is 0.862. The number of hydrogen-bond donors (Lipinski definition) is 2. The first-order valence-corrected chi connectivity index (χ1v) is 7.94. The van der Waals surface area contributed by atoms with E-state index in [4.69, 9.17) is 0 Å². The molecule has 1 heterocycles. The van der Waals surface area contributed by atoms with Gasteiger partial charge in [0, 0.05) is 24.8 Å². The highest BCUT2D eigenvalue weighted by molar-refractivity contribution is 5.61. The summed E-state index contributed by atoms with van der Waals surface area (Å²) in [5.74, 6) is 0. The van der Waals surface area contributed by atoms with E-state index in [9.17, 15) is 0 Å². The van der Waals surface area contributed by atoms with E-state index >= 15 is 0 Å². The Bertz CT molecular complexity index is 601. The third-order valence-electron chi connectivity index (χ3n) is 4.42. The number of benzene rings is 2. The summed E-state index contributed by atoms with van der Waals surface area (Å²) in [4.78, 5) is 0. The summed E-state index contributed by atoms with van der Waals surface area (Å²) in [6.07, 6.45) is 2.25. The Morgan fingerprint density at radius 1 is 1.14 bits per heavy atom. The Morgan fingerprint density at radius 2 is 1.95 bits per heavy atom. The Kier molecular flexibility index (Phi) is 4.26. The molecule has 21 heavy (non-hydrogen) atoms. The summed E-state index contributed by atoms with van der Waals surface area (Å²) in [5, 5.41) is 7.15. The van der Waals surface area contributed by atoms with E-state index in [-0.39, 0.29) is 0 Å². The summed E-state index contributed by atoms with van der Waals surface area (Å²) in [5.41, 5.74) is 6.93. The van der Waals surface area contributed by atoms with Crippen LogP contribution in [0.25, 0.3) is 0 Å². The molecule has 0 spiro atoms. The first kappa shape index (κ1) is 14.2. The number of hydrogen-bond acceptors (Lipinski definition) is 2. The van der Waals surface area contributed by atoms with Gasteiger partial charge in [-0.3, -0.25) is 0 Å². The maximum atomic E-state index is 3.64. The number of nitrogens with one attached hydrogen (secondary N) is 2. The highest BCUT2D eigenvalue weighted by atomic mass is 14.9. The van der Waals surface area contributed by atoms with Crippen molar-refractivity contribution in [3.8, 4) is 0 Å². The van der Waals surface area contributed by atoms with Crippen LogP contribution in [-0.4, -0.2) is 6.54 Å². The minimum absolute atomic E-state index is 0.369. The standard InChI is InChI=1S/C19H24N2/c1-3-15-7-9-16(10-8-15)14(2)21-13-18-6-4-5-17-11-12-20-19(17)18/h4-10,14,20-21H,3,11-13H2,1-2H3. The van der Waals surface area contributed by atoms with Gasteiger partial charge in [-0.05, 0) is 42.0 Å². The first-order chi connectivity index (χ1) is 10.3. The minimum Gasteiger partial charge on any atom is -0.384 e. The van der Waals surface area contributed by atoms with Crippen LogP contribution in [0.3, 0.4) is 0 Å². The third kappa shape index (κ3) is 3.11. The second-order valence-electron chi connectivity index (χ2n) is 5.83. The molecule has 2 N–H and O–H groups in total. The van der Waals surface area contributed by atoms with Gasteiger partial charge in [0.05, 0.1) is 0 Å². The van der Waals surface area contributed by atoms with Gasteiger partial charge in [0.2, 0.25) is 0 Å².